The summed E-state index contributed by atoms with van der Waals surface area (Å²) in [5, 5.41) is 0. The molecule has 0 saturated carbocycles. The van der Waals surface area contributed by atoms with E-state index in [9.17, 15) is 0 Å². The zero-order valence-electron chi connectivity index (χ0n) is 9.78. The number of aromatic amines is 1. The second-order valence-electron chi connectivity index (χ2n) is 5.07. The topological polar surface area (TPSA) is 93.6 Å². The number of nitrogens with zero attached hydrogens (tertiary/aromatic N) is 2. The Balaban J connectivity index is 2.47. The highest BCUT2D eigenvalue weighted by molar-refractivity contribution is 5.72. The lowest BCUT2D eigenvalue weighted by Gasteiger charge is -2.24. The average molecular weight is 219 g/mol. The third-order valence-electron chi connectivity index (χ3n) is 2.61. The molecule has 0 bridgehead atoms. The van der Waals surface area contributed by atoms with E-state index in [2.05, 4.69) is 35.7 Å². The van der Waals surface area contributed by atoms with Crippen LogP contribution in [0.15, 0.2) is 12.1 Å². The normalized spacial score (nSPS) is 14.2. The Bertz CT molecular complexity index is 509. The molecule has 0 saturated heterocycles. The monoisotopic (exact) mass is 219 g/mol. The lowest BCUT2D eigenvalue weighted by molar-refractivity contribution is 0.317. The maximum atomic E-state index is 6.12. The highest BCUT2D eigenvalue weighted by atomic mass is 15.0. The Kier molecular flexibility index (Phi) is 2.35. The van der Waals surface area contributed by atoms with E-state index < -0.39 is 0 Å². The molecule has 0 aliphatic rings. The molecule has 2 rings (SSSR count). The van der Waals surface area contributed by atoms with E-state index in [1.54, 1.807) is 6.07 Å². The Morgan fingerprint density at radius 1 is 1.25 bits per heavy atom. The van der Waals surface area contributed by atoms with Crippen molar-refractivity contribution in [2.24, 2.45) is 11.1 Å². The van der Waals surface area contributed by atoms with Crippen molar-refractivity contribution in [3.8, 4) is 0 Å². The van der Waals surface area contributed by atoms with Crippen LogP contribution < -0.4 is 11.5 Å². The number of imidazole rings is 1. The summed E-state index contributed by atoms with van der Waals surface area (Å²) in [4.78, 5) is 11.7. The summed E-state index contributed by atoms with van der Waals surface area (Å²) in [7, 11) is 0. The molecule has 0 amide bonds. The average Bonchev–Trinajstić information content (AvgIpc) is 2.57. The third kappa shape index (κ3) is 1.86. The van der Waals surface area contributed by atoms with Gasteiger partial charge in [-0.05, 0) is 17.5 Å². The zero-order chi connectivity index (χ0) is 11.9. The minimum Gasteiger partial charge on any atom is -0.384 e. The van der Waals surface area contributed by atoms with Crippen molar-refractivity contribution in [2.75, 3.05) is 5.73 Å². The number of nitrogens with two attached hydrogens (primary N) is 2. The van der Waals surface area contributed by atoms with Gasteiger partial charge in [0.15, 0.2) is 5.65 Å². The summed E-state index contributed by atoms with van der Waals surface area (Å²) in [6.45, 7) is 6.23. The van der Waals surface area contributed by atoms with Crippen molar-refractivity contribution in [3.63, 3.8) is 0 Å². The molecule has 2 heterocycles. The molecule has 5 nitrogen and oxygen atoms in total. The number of pyridine rings is 1. The second kappa shape index (κ2) is 3.45. The van der Waals surface area contributed by atoms with Crippen LogP contribution in [0.5, 0.6) is 0 Å². The first kappa shape index (κ1) is 10.9. The molecule has 0 aromatic carbocycles. The van der Waals surface area contributed by atoms with Gasteiger partial charge in [0.05, 0.1) is 11.6 Å². The van der Waals surface area contributed by atoms with Crippen LogP contribution in [0.2, 0.25) is 0 Å². The fraction of sp³-hybridized carbons (Fsp3) is 0.455. The molecular formula is C11H17N5. The highest BCUT2D eigenvalue weighted by Crippen LogP contribution is 2.29. The van der Waals surface area contributed by atoms with Gasteiger partial charge in [0.1, 0.15) is 11.6 Å². The maximum absolute atomic E-state index is 6.12. The maximum Gasteiger partial charge on any atom is 0.179 e. The van der Waals surface area contributed by atoms with E-state index in [1.807, 2.05) is 6.07 Å². The Morgan fingerprint density at radius 3 is 2.56 bits per heavy atom. The predicted octanol–water partition coefficient (Wildman–Crippen LogP) is 1.59. The highest BCUT2D eigenvalue weighted by Gasteiger charge is 2.25. The van der Waals surface area contributed by atoms with Crippen molar-refractivity contribution < 1.29 is 0 Å². The van der Waals surface area contributed by atoms with Crippen molar-refractivity contribution in [1.29, 1.82) is 0 Å². The molecule has 0 spiro atoms. The minimum absolute atomic E-state index is 0.0422. The predicted molar refractivity (Wildman–Crippen MR) is 64.7 cm³/mol. The Morgan fingerprint density at radius 2 is 1.94 bits per heavy atom. The van der Waals surface area contributed by atoms with Crippen LogP contribution in [-0.2, 0) is 0 Å². The van der Waals surface area contributed by atoms with Gasteiger partial charge in [-0.2, -0.15) is 0 Å². The van der Waals surface area contributed by atoms with E-state index >= 15 is 0 Å². The minimum atomic E-state index is -0.150. The molecule has 5 heteroatoms. The molecule has 1 atom stereocenters. The SMILES string of the molecule is CC(C)(C)C(N)c1nc2nc(N)ccc2[nH]1. The summed E-state index contributed by atoms with van der Waals surface area (Å²) in [6.07, 6.45) is 0. The Labute approximate surface area is 94.3 Å². The van der Waals surface area contributed by atoms with E-state index in [0.29, 0.717) is 11.5 Å². The van der Waals surface area contributed by atoms with Gasteiger partial charge in [-0.25, -0.2) is 9.97 Å². The molecular weight excluding hydrogens is 202 g/mol. The summed E-state index contributed by atoms with van der Waals surface area (Å²) in [6, 6.07) is 3.46. The van der Waals surface area contributed by atoms with E-state index in [4.69, 9.17) is 11.5 Å². The first-order valence-corrected chi connectivity index (χ1v) is 5.25. The van der Waals surface area contributed by atoms with Gasteiger partial charge >= 0.3 is 0 Å². The number of hydrogen-bond acceptors (Lipinski definition) is 4. The number of hydrogen-bond donors (Lipinski definition) is 3. The smallest absolute Gasteiger partial charge is 0.179 e. The van der Waals surface area contributed by atoms with Gasteiger partial charge in [-0.1, -0.05) is 20.8 Å². The molecule has 5 N–H and O–H groups in total. The quantitative estimate of drug-likeness (QED) is 0.678. The van der Waals surface area contributed by atoms with E-state index in [1.165, 1.54) is 0 Å². The van der Waals surface area contributed by atoms with Crippen LogP contribution in [0.25, 0.3) is 11.2 Å². The second-order valence-corrected chi connectivity index (χ2v) is 5.07. The summed E-state index contributed by atoms with van der Waals surface area (Å²) in [5.41, 5.74) is 13.2. The molecule has 0 aliphatic heterocycles. The van der Waals surface area contributed by atoms with Gasteiger partial charge in [0, 0.05) is 0 Å². The van der Waals surface area contributed by atoms with Crippen LogP contribution in [-0.4, -0.2) is 15.0 Å². The summed E-state index contributed by atoms with van der Waals surface area (Å²) >= 11 is 0. The molecule has 2 aromatic heterocycles. The zero-order valence-corrected chi connectivity index (χ0v) is 9.78. The van der Waals surface area contributed by atoms with E-state index in [-0.39, 0.29) is 11.5 Å². The first-order valence-electron chi connectivity index (χ1n) is 5.25. The largest absolute Gasteiger partial charge is 0.384 e. The van der Waals surface area contributed by atoms with Gasteiger partial charge in [0.25, 0.3) is 0 Å². The number of rotatable bonds is 1. The Hall–Kier alpha value is -1.62. The number of nitrogen functional groups attached to an aromatic ring is 1. The van der Waals surface area contributed by atoms with Gasteiger partial charge in [0.2, 0.25) is 0 Å². The first-order chi connectivity index (χ1) is 7.38. The lowest BCUT2D eigenvalue weighted by atomic mass is 9.87. The fourth-order valence-corrected chi connectivity index (χ4v) is 1.48. The van der Waals surface area contributed by atoms with Crippen LogP contribution in [0, 0.1) is 5.41 Å². The van der Waals surface area contributed by atoms with Crippen LogP contribution in [0.4, 0.5) is 5.82 Å². The summed E-state index contributed by atoms with van der Waals surface area (Å²) in [5.74, 6) is 1.22. The molecule has 2 aromatic rings. The lowest BCUT2D eigenvalue weighted by Crippen LogP contribution is -2.27. The van der Waals surface area contributed by atoms with Crippen LogP contribution >= 0.6 is 0 Å². The van der Waals surface area contributed by atoms with Gasteiger partial charge in [-0.3, -0.25) is 0 Å². The molecule has 1 unspecified atom stereocenters. The number of nitrogens with one attached hydrogen (secondary N) is 1. The van der Waals surface area contributed by atoms with Crippen molar-refractivity contribution in [2.45, 2.75) is 26.8 Å². The number of H-pyrrole nitrogens is 1. The molecule has 16 heavy (non-hydrogen) atoms. The number of fused-ring (bicyclic) bond motifs is 1. The number of aromatic nitrogens is 3. The van der Waals surface area contributed by atoms with Crippen molar-refractivity contribution in [3.05, 3.63) is 18.0 Å². The van der Waals surface area contributed by atoms with Gasteiger partial charge in [-0.15, -0.1) is 0 Å². The molecule has 0 radical (unpaired) electrons. The third-order valence-corrected chi connectivity index (χ3v) is 2.61. The van der Waals surface area contributed by atoms with Crippen LogP contribution in [0.3, 0.4) is 0 Å². The van der Waals surface area contributed by atoms with Crippen LogP contribution in [0.1, 0.15) is 32.6 Å². The number of anilines is 1. The molecule has 86 valence electrons. The summed E-state index contributed by atoms with van der Waals surface area (Å²) < 4.78 is 0. The molecule has 0 fully saturated rings. The van der Waals surface area contributed by atoms with E-state index in [0.717, 1.165) is 11.3 Å². The molecule has 0 aliphatic carbocycles. The van der Waals surface area contributed by atoms with Crippen molar-refractivity contribution in [1.82, 2.24) is 15.0 Å². The van der Waals surface area contributed by atoms with Gasteiger partial charge < -0.3 is 16.5 Å². The van der Waals surface area contributed by atoms with Crippen molar-refractivity contribution >= 4 is 17.0 Å². The fourth-order valence-electron chi connectivity index (χ4n) is 1.48. The standard InChI is InChI=1S/C11H17N5/c1-11(2,3)8(13)10-14-6-4-5-7(12)15-9(6)16-10/h4-5,8H,13H2,1-3H3,(H3,12,14,15,16).